The molecule has 5 nitrogen and oxygen atoms in total. The van der Waals surface area contributed by atoms with E-state index in [1.54, 1.807) is 9.80 Å². The van der Waals surface area contributed by atoms with E-state index in [0.29, 0.717) is 19.3 Å². The van der Waals surface area contributed by atoms with Crippen LogP contribution >= 0.6 is 0 Å². The molecule has 2 amide bonds. The Morgan fingerprint density at radius 3 is 2.65 bits per heavy atom. The third kappa shape index (κ3) is 2.82. The summed E-state index contributed by atoms with van der Waals surface area (Å²) >= 11 is 0. The summed E-state index contributed by atoms with van der Waals surface area (Å²) in [6, 6.07) is -0.189. The van der Waals surface area contributed by atoms with Crippen LogP contribution in [0.4, 0.5) is 0 Å². The van der Waals surface area contributed by atoms with Crippen LogP contribution in [0.25, 0.3) is 0 Å². The predicted octanol–water partition coefficient (Wildman–Crippen LogP) is 1.17. The van der Waals surface area contributed by atoms with Gasteiger partial charge in [0.2, 0.25) is 11.8 Å². The lowest BCUT2D eigenvalue weighted by Gasteiger charge is -2.36. The molecular weight excluding hydrogens is 256 g/mol. The van der Waals surface area contributed by atoms with E-state index in [1.165, 1.54) is 19.3 Å². The third-order valence-electron chi connectivity index (χ3n) is 4.76. The van der Waals surface area contributed by atoms with E-state index in [2.05, 4.69) is 0 Å². The van der Waals surface area contributed by atoms with Crippen molar-refractivity contribution in [2.75, 3.05) is 26.2 Å². The van der Waals surface area contributed by atoms with Gasteiger partial charge in [0, 0.05) is 13.1 Å². The molecule has 2 saturated heterocycles. The van der Waals surface area contributed by atoms with Gasteiger partial charge in [-0.2, -0.15) is 0 Å². The van der Waals surface area contributed by atoms with Crippen LogP contribution in [0.1, 0.15) is 44.9 Å². The SMILES string of the molecule is O=C1C2CCCN2C(=O)CN1CCOC1CCCCC1. The Morgan fingerprint density at radius 1 is 1.05 bits per heavy atom. The molecule has 5 heteroatoms. The van der Waals surface area contributed by atoms with Crippen molar-refractivity contribution in [3.05, 3.63) is 0 Å². The molecular formula is C15H24N2O3. The molecule has 1 atom stereocenters. The second-order valence-corrected chi connectivity index (χ2v) is 6.14. The van der Waals surface area contributed by atoms with Crippen LogP contribution in [0.2, 0.25) is 0 Å². The van der Waals surface area contributed by atoms with Gasteiger partial charge in [0.05, 0.1) is 19.3 Å². The van der Waals surface area contributed by atoms with Crippen molar-refractivity contribution in [3.8, 4) is 0 Å². The summed E-state index contributed by atoms with van der Waals surface area (Å²) in [5, 5.41) is 0. The summed E-state index contributed by atoms with van der Waals surface area (Å²) < 4.78 is 5.86. The van der Waals surface area contributed by atoms with Gasteiger partial charge in [-0.3, -0.25) is 9.59 Å². The Hall–Kier alpha value is -1.10. The molecule has 0 aromatic carbocycles. The summed E-state index contributed by atoms with van der Waals surface area (Å²) in [5.74, 6) is 0.221. The largest absolute Gasteiger partial charge is 0.376 e. The first kappa shape index (κ1) is 13.9. The van der Waals surface area contributed by atoms with Crippen molar-refractivity contribution < 1.29 is 14.3 Å². The molecule has 20 heavy (non-hydrogen) atoms. The van der Waals surface area contributed by atoms with Crippen LogP contribution in [0.3, 0.4) is 0 Å². The molecule has 112 valence electrons. The average molecular weight is 280 g/mol. The minimum Gasteiger partial charge on any atom is -0.376 e. The number of ether oxygens (including phenoxy) is 1. The van der Waals surface area contributed by atoms with Crippen molar-refractivity contribution in [1.29, 1.82) is 0 Å². The van der Waals surface area contributed by atoms with Gasteiger partial charge >= 0.3 is 0 Å². The molecule has 1 saturated carbocycles. The highest BCUT2D eigenvalue weighted by molar-refractivity contribution is 5.95. The molecule has 0 aromatic heterocycles. The minimum atomic E-state index is -0.189. The van der Waals surface area contributed by atoms with Crippen LogP contribution < -0.4 is 0 Å². The molecule has 1 aliphatic carbocycles. The van der Waals surface area contributed by atoms with Crippen LogP contribution in [-0.2, 0) is 14.3 Å². The fourth-order valence-electron chi connectivity index (χ4n) is 3.62. The molecule has 0 radical (unpaired) electrons. The second-order valence-electron chi connectivity index (χ2n) is 6.14. The molecule has 3 rings (SSSR count). The number of fused-ring (bicyclic) bond motifs is 1. The molecule has 2 heterocycles. The van der Waals surface area contributed by atoms with Crippen molar-refractivity contribution in [2.45, 2.75) is 57.1 Å². The molecule has 0 aromatic rings. The van der Waals surface area contributed by atoms with E-state index in [9.17, 15) is 9.59 Å². The lowest BCUT2D eigenvalue weighted by molar-refractivity contribution is -0.154. The van der Waals surface area contributed by atoms with Crippen molar-refractivity contribution in [1.82, 2.24) is 9.80 Å². The second kappa shape index (κ2) is 6.12. The third-order valence-corrected chi connectivity index (χ3v) is 4.76. The van der Waals surface area contributed by atoms with Gasteiger partial charge in [0.1, 0.15) is 6.04 Å². The highest BCUT2D eigenvalue weighted by Gasteiger charge is 2.41. The van der Waals surface area contributed by atoms with E-state index >= 15 is 0 Å². The normalized spacial score (nSPS) is 28.1. The number of piperazine rings is 1. The first-order chi connectivity index (χ1) is 9.75. The molecule has 1 unspecified atom stereocenters. The molecule has 0 N–H and O–H groups in total. The van der Waals surface area contributed by atoms with Gasteiger partial charge in [-0.25, -0.2) is 0 Å². The number of nitrogens with zero attached hydrogens (tertiary/aromatic N) is 2. The van der Waals surface area contributed by atoms with Gasteiger partial charge < -0.3 is 14.5 Å². The lowest BCUT2D eigenvalue weighted by atomic mass is 9.98. The number of carbonyl (C=O) groups excluding carboxylic acids is 2. The summed E-state index contributed by atoms with van der Waals surface area (Å²) in [7, 11) is 0. The summed E-state index contributed by atoms with van der Waals surface area (Å²) in [5.41, 5.74) is 0. The predicted molar refractivity (Wildman–Crippen MR) is 74.1 cm³/mol. The number of hydrogen-bond acceptors (Lipinski definition) is 3. The van der Waals surface area contributed by atoms with E-state index < -0.39 is 0 Å². The number of amides is 2. The van der Waals surface area contributed by atoms with Crippen molar-refractivity contribution in [3.63, 3.8) is 0 Å². The summed E-state index contributed by atoms with van der Waals surface area (Å²) in [4.78, 5) is 27.7. The first-order valence-corrected chi connectivity index (χ1v) is 7.95. The van der Waals surface area contributed by atoms with Gasteiger partial charge in [-0.05, 0) is 25.7 Å². The highest BCUT2D eigenvalue weighted by Crippen LogP contribution is 2.24. The maximum Gasteiger partial charge on any atom is 0.245 e. The van der Waals surface area contributed by atoms with Crippen molar-refractivity contribution >= 4 is 11.8 Å². The van der Waals surface area contributed by atoms with Gasteiger partial charge in [0.25, 0.3) is 0 Å². The Bertz CT molecular complexity index is 379. The maximum atomic E-state index is 12.3. The monoisotopic (exact) mass is 280 g/mol. The van der Waals surface area contributed by atoms with E-state index in [4.69, 9.17) is 4.74 Å². The van der Waals surface area contributed by atoms with E-state index in [-0.39, 0.29) is 24.4 Å². The van der Waals surface area contributed by atoms with Gasteiger partial charge in [-0.15, -0.1) is 0 Å². The molecule has 3 fully saturated rings. The van der Waals surface area contributed by atoms with E-state index in [1.807, 2.05) is 0 Å². The quantitative estimate of drug-likeness (QED) is 0.776. The Morgan fingerprint density at radius 2 is 1.85 bits per heavy atom. The molecule has 3 aliphatic rings. The minimum absolute atomic E-state index is 0.102. The van der Waals surface area contributed by atoms with Crippen LogP contribution in [-0.4, -0.2) is 60.0 Å². The average Bonchev–Trinajstić information content (AvgIpc) is 2.95. The zero-order valence-electron chi connectivity index (χ0n) is 12.1. The Labute approximate surface area is 120 Å². The zero-order chi connectivity index (χ0) is 13.9. The number of carbonyl (C=O) groups is 2. The highest BCUT2D eigenvalue weighted by atomic mass is 16.5. The summed E-state index contributed by atoms with van der Waals surface area (Å²) in [6.07, 6.45) is 8.25. The molecule has 2 aliphatic heterocycles. The fourth-order valence-corrected chi connectivity index (χ4v) is 3.62. The van der Waals surface area contributed by atoms with Crippen LogP contribution in [0.5, 0.6) is 0 Å². The molecule has 0 spiro atoms. The maximum absolute atomic E-state index is 12.3. The molecule has 0 bridgehead atoms. The van der Waals surface area contributed by atoms with Gasteiger partial charge in [0.15, 0.2) is 0 Å². The lowest BCUT2D eigenvalue weighted by Crippen LogP contribution is -2.57. The Balaban J connectivity index is 1.47. The summed E-state index contributed by atoms with van der Waals surface area (Å²) in [6.45, 7) is 2.12. The first-order valence-electron chi connectivity index (χ1n) is 7.95. The van der Waals surface area contributed by atoms with Gasteiger partial charge in [-0.1, -0.05) is 19.3 Å². The number of rotatable bonds is 4. The van der Waals surface area contributed by atoms with E-state index in [0.717, 1.165) is 32.2 Å². The number of hydrogen-bond donors (Lipinski definition) is 0. The smallest absolute Gasteiger partial charge is 0.245 e. The topological polar surface area (TPSA) is 49.9 Å². The standard InChI is InChI=1S/C15H24N2O3/c18-14-11-16(15(19)13-7-4-8-17(13)14)9-10-20-12-5-2-1-3-6-12/h12-13H,1-11H2. The van der Waals surface area contributed by atoms with Crippen LogP contribution in [0.15, 0.2) is 0 Å². The zero-order valence-corrected chi connectivity index (χ0v) is 12.1. The van der Waals surface area contributed by atoms with Crippen molar-refractivity contribution in [2.24, 2.45) is 0 Å². The fraction of sp³-hybridized carbons (Fsp3) is 0.867. The van der Waals surface area contributed by atoms with Crippen LogP contribution in [0, 0.1) is 0 Å². The Kier molecular flexibility index (Phi) is 4.24.